The Morgan fingerprint density at radius 3 is 2.50 bits per heavy atom. The number of amides is 1. The highest BCUT2D eigenvalue weighted by atomic mass is 32.2. The molecular formula is C16H33N5O4S. The van der Waals surface area contributed by atoms with Gasteiger partial charge >= 0.3 is 6.09 Å². The summed E-state index contributed by atoms with van der Waals surface area (Å²) in [6.45, 7) is 8.79. The average molecular weight is 392 g/mol. The smallest absolute Gasteiger partial charge is 0.409 e. The Labute approximate surface area is 157 Å². The van der Waals surface area contributed by atoms with Gasteiger partial charge in [-0.15, -0.1) is 0 Å². The second-order valence-electron chi connectivity index (χ2n) is 6.02. The highest BCUT2D eigenvalue weighted by Gasteiger charge is 2.23. The number of rotatable bonds is 9. The molecule has 0 bridgehead atoms. The van der Waals surface area contributed by atoms with E-state index in [1.807, 2.05) is 6.92 Å². The van der Waals surface area contributed by atoms with Crippen LogP contribution in [-0.2, 0) is 14.8 Å². The normalized spacial score (nSPS) is 16.4. The summed E-state index contributed by atoms with van der Waals surface area (Å²) < 4.78 is 30.3. The summed E-state index contributed by atoms with van der Waals surface area (Å²) in [4.78, 5) is 17.9. The van der Waals surface area contributed by atoms with E-state index in [4.69, 9.17) is 4.74 Å². The molecule has 10 heteroatoms. The molecule has 0 aliphatic carbocycles. The number of guanidine groups is 1. The lowest BCUT2D eigenvalue weighted by Crippen LogP contribution is -2.50. The highest BCUT2D eigenvalue weighted by Crippen LogP contribution is 2.11. The van der Waals surface area contributed by atoms with Crippen LogP contribution < -0.4 is 15.4 Å². The van der Waals surface area contributed by atoms with Crippen LogP contribution >= 0.6 is 0 Å². The zero-order valence-electron chi connectivity index (χ0n) is 16.1. The van der Waals surface area contributed by atoms with Crippen LogP contribution in [0.15, 0.2) is 4.99 Å². The Hall–Kier alpha value is -1.55. The van der Waals surface area contributed by atoms with Gasteiger partial charge in [0.25, 0.3) is 0 Å². The molecule has 9 nitrogen and oxygen atoms in total. The van der Waals surface area contributed by atoms with E-state index in [2.05, 4.69) is 20.3 Å². The van der Waals surface area contributed by atoms with Crippen LogP contribution in [0.2, 0.25) is 0 Å². The van der Waals surface area contributed by atoms with Crippen molar-refractivity contribution in [2.45, 2.75) is 46.1 Å². The number of carbonyl (C=O) groups is 1. The number of aliphatic imine (C=N–C) groups is 1. The molecule has 0 atom stereocenters. The predicted octanol–water partition coefficient (Wildman–Crippen LogP) is 0.492. The molecule has 1 rings (SSSR count). The van der Waals surface area contributed by atoms with Crippen LogP contribution in [0, 0.1) is 0 Å². The topological polar surface area (TPSA) is 112 Å². The summed E-state index contributed by atoms with van der Waals surface area (Å²) in [6.07, 6.45) is 2.05. The van der Waals surface area contributed by atoms with E-state index in [0.717, 1.165) is 25.3 Å². The van der Waals surface area contributed by atoms with Gasteiger partial charge in [-0.05, 0) is 40.0 Å². The van der Waals surface area contributed by atoms with Gasteiger partial charge in [-0.2, -0.15) is 0 Å². The summed E-state index contributed by atoms with van der Waals surface area (Å²) >= 11 is 0. The average Bonchev–Trinajstić information content (AvgIpc) is 2.62. The van der Waals surface area contributed by atoms with E-state index in [1.54, 1.807) is 18.7 Å². The first-order valence-corrected chi connectivity index (χ1v) is 11.0. The van der Waals surface area contributed by atoms with E-state index < -0.39 is 10.0 Å². The van der Waals surface area contributed by atoms with Crippen molar-refractivity contribution in [1.82, 2.24) is 20.3 Å². The van der Waals surface area contributed by atoms with Gasteiger partial charge in [-0.1, -0.05) is 0 Å². The molecule has 1 aliphatic heterocycles. The molecular weight excluding hydrogens is 358 g/mol. The first-order valence-electron chi connectivity index (χ1n) is 9.35. The molecule has 1 heterocycles. The van der Waals surface area contributed by atoms with Gasteiger partial charge in [0.1, 0.15) is 0 Å². The lowest BCUT2D eigenvalue weighted by molar-refractivity contribution is 0.0963. The molecule has 1 aliphatic rings. The number of nitrogens with one attached hydrogen (secondary N) is 3. The minimum Gasteiger partial charge on any atom is -0.450 e. The van der Waals surface area contributed by atoms with Gasteiger partial charge < -0.3 is 20.3 Å². The van der Waals surface area contributed by atoms with Gasteiger partial charge in [0.2, 0.25) is 10.0 Å². The molecule has 152 valence electrons. The fourth-order valence-electron chi connectivity index (χ4n) is 2.53. The second kappa shape index (κ2) is 11.9. The summed E-state index contributed by atoms with van der Waals surface area (Å²) in [6, 6.07) is 0.247. The zero-order chi connectivity index (χ0) is 19.4. The van der Waals surface area contributed by atoms with Crippen molar-refractivity contribution in [3.63, 3.8) is 0 Å². The van der Waals surface area contributed by atoms with Crippen molar-refractivity contribution < 1.29 is 17.9 Å². The first kappa shape index (κ1) is 22.5. The fourth-order valence-corrected chi connectivity index (χ4v) is 3.19. The van der Waals surface area contributed by atoms with Crippen LogP contribution in [0.4, 0.5) is 4.79 Å². The Morgan fingerprint density at radius 2 is 1.92 bits per heavy atom. The number of nitrogens with zero attached hydrogens (tertiary/aromatic N) is 2. The van der Waals surface area contributed by atoms with Gasteiger partial charge in [-0.3, -0.25) is 4.99 Å². The van der Waals surface area contributed by atoms with Gasteiger partial charge in [0.15, 0.2) is 5.96 Å². The van der Waals surface area contributed by atoms with Crippen molar-refractivity contribution in [3.8, 4) is 0 Å². The number of likely N-dealkylation sites (tertiary alicyclic amines) is 1. The van der Waals surface area contributed by atoms with E-state index in [-0.39, 0.29) is 17.9 Å². The van der Waals surface area contributed by atoms with E-state index in [1.165, 1.54) is 0 Å². The summed E-state index contributed by atoms with van der Waals surface area (Å²) in [5.41, 5.74) is 0. The number of carbonyl (C=O) groups excluding carboxylic acids is 1. The molecule has 0 aromatic rings. The van der Waals surface area contributed by atoms with Crippen LogP contribution in [0.1, 0.15) is 40.0 Å². The van der Waals surface area contributed by atoms with Crippen molar-refractivity contribution >= 4 is 22.1 Å². The maximum absolute atomic E-state index is 11.7. The molecule has 0 radical (unpaired) electrons. The number of sulfonamides is 1. The van der Waals surface area contributed by atoms with Gasteiger partial charge in [-0.25, -0.2) is 17.9 Å². The van der Waals surface area contributed by atoms with Crippen LogP contribution in [-0.4, -0.2) is 76.5 Å². The molecule has 26 heavy (non-hydrogen) atoms. The molecule has 0 aromatic heterocycles. The van der Waals surface area contributed by atoms with Crippen molar-refractivity contribution in [2.75, 3.05) is 45.1 Å². The molecule has 1 fully saturated rings. The largest absolute Gasteiger partial charge is 0.450 e. The van der Waals surface area contributed by atoms with Crippen LogP contribution in [0.3, 0.4) is 0 Å². The van der Waals surface area contributed by atoms with Crippen LogP contribution in [0.25, 0.3) is 0 Å². The molecule has 0 spiro atoms. The maximum atomic E-state index is 11.7. The lowest BCUT2D eigenvalue weighted by atomic mass is 10.1. The van der Waals surface area contributed by atoms with Crippen LogP contribution in [0.5, 0.6) is 0 Å². The highest BCUT2D eigenvalue weighted by molar-refractivity contribution is 7.89. The third-order valence-corrected chi connectivity index (χ3v) is 5.42. The van der Waals surface area contributed by atoms with Crippen molar-refractivity contribution in [2.24, 2.45) is 4.99 Å². The summed E-state index contributed by atoms with van der Waals surface area (Å²) in [5.74, 6) is 0.811. The Bertz CT molecular complexity index is 545. The third-order valence-electron chi connectivity index (χ3n) is 4.01. The fraction of sp³-hybridized carbons (Fsp3) is 0.875. The molecule has 1 saturated heterocycles. The third kappa shape index (κ3) is 8.70. The van der Waals surface area contributed by atoms with Gasteiger partial charge in [0.05, 0.1) is 12.4 Å². The summed E-state index contributed by atoms with van der Waals surface area (Å²) in [5, 5.41) is 6.59. The first-order chi connectivity index (χ1) is 12.4. The SMILES string of the molecule is CCNC(=NCCCNS(=O)(=O)CC)NC1CCN(C(=O)OCC)CC1. The molecule has 3 N–H and O–H groups in total. The second-order valence-corrected chi connectivity index (χ2v) is 8.11. The molecule has 0 aromatic carbocycles. The molecule has 1 amide bonds. The standard InChI is InChI=1S/C16H33N5O4S/c1-4-17-15(18-10-7-11-19-26(23,24)6-3)20-14-8-12-21(13-9-14)16(22)25-5-2/h14,19H,4-13H2,1-3H3,(H2,17,18,20). The Morgan fingerprint density at radius 1 is 1.23 bits per heavy atom. The Balaban J connectivity index is 2.37. The monoisotopic (exact) mass is 391 g/mol. The molecule has 0 unspecified atom stereocenters. The Kier molecular flexibility index (Phi) is 10.3. The summed E-state index contributed by atoms with van der Waals surface area (Å²) in [7, 11) is -3.14. The van der Waals surface area contributed by atoms with Gasteiger partial charge in [0, 0.05) is 38.8 Å². The maximum Gasteiger partial charge on any atom is 0.409 e. The van der Waals surface area contributed by atoms with Crippen molar-refractivity contribution in [3.05, 3.63) is 0 Å². The number of piperidine rings is 1. The van der Waals surface area contributed by atoms with Crippen molar-refractivity contribution in [1.29, 1.82) is 0 Å². The zero-order valence-corrected chi connectivity index (χ0v) is 16.9. The molecule has 0 saturated carbocycles. The predicted molar refractivity (Wildman–Crippen MR) is 103 cm³/mol. The van der Waals surface area contributed by atoms with E-state index in [0.29, 0.717) is 39.2 Å². The minimum atomic E-state index is -3.14. The quantitative estimate of drug-likeness (QED) is 0.300. The number of hydrogen-bond donors (Lipinski definition) is 3. The number of ether oxygens (including phenoxy) is 1. The van der Waals surface area contributed by atoms with E-state index >= 15 is 0 Å². The minimum absolute atomic E-state index is 0.0883. The lowest BCUT2D eigenvalue weighted by Gasteiger charge is -2.32. The number of hydrogen-bond acceptors (Lipinski definition) is 5. The van der Waals surface area contributed by atoms with E-state index in [9.17, 15) is 13.2 Å².